The molecule has 0 aliphatic rings. The highest BCUT2D eigenvalue weighted by molar-refractivity contribution is 9.10. The normalized spacial score (nSPS) is 11.6. The first kappa shape index (κ1) is 28.8. The van der Waals surface area contributed by atoms with Crippen LogP contribution in [0.1, 0.15) is 32.0 Å². The van der Waals surface area contributed by atoms with Crippen LogP contribution in [0.3, 0.4) is 0 Å². The summed E-state index contributed by atoms with van der Waals surface area (Å²) >= 11 is 19.2. The zero-order valence-corrected chi connectivity index (χ0v) is 24.8. The summed E-state index contributed by atoms with van der Waals surface area (Å²) in [6, 6.07) is 13.5. The first-order valence-corrected chi connectivity index (χ1v) is 13.6. The number of halogens is 4. The molecule has 0 radical (unpaired) electrons. The fourth-order valence-electron chi connectivity index (χ4n) is 3.79. The summed E-state index contributed by atoms with van der Waals surface area (Å²) in [7, 11) is 0. The van der Waals surface area contributed by atoms with Crippen LogP contribution < -0.4 is 10.6 Å². The molecule has 0 unspecified atom stereocenters. The molecule has 2 aromatic carbocycles. The fourth-order valence-corrected chi connectivity index (χ4v) is 5.09. The third kappa shape index (κ3) is 6.67. The second-order valence-corrected chi connectivity index (χ2v) is 10.8. The maximum absolute atomic E-state index is 13.4. The molecule has 0 saturated heterocycles. The molecular formula is C26H19Br2Cl2N5O4. The van der Waals surface area contributed by atoms with Gasteiger partial charge >= 0.3 is 5.97 Å². The molecule has 0 spiro atoms. The minimum absolute atomic E-state index is 0.00673. The molecule has 0 aliphatic carbocycles. The minimum atomic E-state index is -1.25. The summed E-state index contributed by atoms with van der Waals surface area (Å²) in [6.07, 6.45) is 1.54. The summed E-state index contributed by atoms with van der Waals surface area (Å²) in [5.74, 6) is -2.32. The standard InChI is InChI=1S/C26H19Br2Cl2N5O4/c1-13-9-15(29)11-16(24(36)32-19(26(38)39)10-14-5-2-3-6-17(14)27)22(13)33-25(37)20-12-21(28)34-35(20)23-18(30)7-4-8-31-23/h2-9,11-12,19H,10H2,1H3,(H,32,36)(H,33,37)(H,38,39)/t19-/m0/s1. The zero-order valence-electron chi connectivity index (χ0n) is 20.1. The average molecular weight is 696 g/mol. The number of aliphatic carboxylic acids is 1. The number of benzene rings is 2. The highest BCUT2D eigenvalue weighted by atomic mass is 79.9. The molecule has 1 atom stereocenters. The third-order valence-electron chi connectivity index (χ3n) is 5.62. The molecule has 2 heterocycles. The lowest BCUT2D eigenvalue weighted by atomic mass is 10.0. The van der Waals surface area contributed by atoms with Crippen LogP contribution >= 0.6 is 55.1 Å². The lowest BCUT2D eigenvalue weighted by Crippen LogP contribution is -2.42. The van der Waals surface area contributed by atoms with Crippen molar-refractivity contribution in [2.45, 2.75) is 19.4 Å². The van der Waals surface area contributed by atoms with Crippen molar-refractivity contribution in [3.63, 3.8) is 0 Å². The first-order valence-electron chi connectivity index (χ1n) is 11.3. The van der Waals surface area contributed by atoms with Crippen molar-refractivity contribution in [1.82, 2.24) is 20.1 Å². The van der Waals surface area contributed by atoms with E-state index in [-0.39, 0.29) is 39.2 Å². The Bertz CT molecular complexity index is 1590. The Kier molecular flexibility index (Phi) is 9.06. The number of nitrogens with one attached hydrogen (secondary N) is 2. The molecule has 2 amide bonds. The predicted octanol–water partition coefficient (Wildman–Crippen LogP) is 6.09. The summed E-state index contributed by atoms with van der Waals surface area (Å²) < 4.78 is 2.34. The lowest BCUT2D eigenvalue weighted by molar-refractivity contribution is -0.139. The summed E-state index contributed by atoms with van der Waals surface area (Å²) in [5, 5.41) is 19.9. The summed E-state index contributed by atoms with van der Waals surface area (Å²) in [5.41, 5.74) is 1.42. The number of aromatic nitrogens is 3. The molecule has 0 fully saturated rings. The Labute approximate surface area is 249 Å². The van der Waals surface area contributed by atoms with Gasteiger partial charge in [-0.3, -0.25) is 9.59 Å². The van der Waals surface area contributed by atoms with E-state index in [9.17, 15) is 19.5 Å². The molecule has 39 heavy (non-hydrogen) atoms. The average Bonchev–Trinajstić information content (AvgIpc) is 3.27. The monoisotopic (exact) mass is 693 g/mol. The number of carbonyl (C=O) groups is 3. The molecule has 200 valence electrons. The molecule has 9 nitrogen and oxygen atoms in total. The van der Waals surface area contributed by atoms with Gasteiger partial charge in [-0.1, -0.05) is 57.3 Å². The first-order chi connectivity index (χ1) is 18.5. The number of pyridine rings is 1. The van der Waals surface area contributed by atoms with E-state index in [0.717, 1.165) is 0 Å². The summed E-state index contributed by atoms with van der Waals surface area (Å²) in [6.45, 7) is 1.66. The number of amides is 2. The molecule has 2 aromatic heterocycles. The highest BCUT2D eigenvalue weighted by Crippen LogP contribution is 2.28. The van der Waals surface area contributed by atoms with E-state index in [1.165, 1.54) is 23.0 Å². The van der Waals surface area contributed by atoms with E-state index in [1.54, 1.807) is 49.4 Å². The van der Waals surface area contributed by atoms with Crippen molar-refractivity contribution in [3.05, 3.63) is 102 Å². The number of hydrogen-bond donors (Lipinski definition) is 3. The van der Waals surface area contributed by atoms with Crippen molar-refractivity contribution in [2.75, 3.05) is 5.32 Å². The second-order valence-electron chi connectivity index (χ2n) is 8.33. The number of nitrogens with zero attached hydrogens (tertiary/aromatic N) is 3. The number of anilines is 1. The Morgan fingerprint density at radius 2 is 1.79 bits per heavy atom. The van der Waals surface area contributed by atoms with Gasteiger partial charge in [0.15, 0.2) is 5.82 Å². The minimum Gasteiger partial charge on any atom is -0.480 e. The number of hydrogen-bond acceptors (Lipinski definition) is 5. The van der Waals surface area contributed by atoms with Gasteiger partial charge in [-0.05, 0) is 64.3 Å². The van der Waals surface area contributed by atoms with Crippen LogP contribution in [0.25, 0.3) is 5.82 Å². The van der Waals surface area contributed by atoms with Gasteiger partial charge in [0.1, 0.15) is 16.3 Å². The van der Waals surface area contributed by atoms with E-state index in [0.29, 0.717) is 20.2 Å². The largest absolute Gasteiger partial charge is 0.480 e. The van der Waals surface area contributed by atoms with Crippen molar-refractivity contribution < 1.29 is 19.5 Å². The van der Waals surface area contributed by atoms with Crippen LogP contribution in [0.5, 0.6) is 0 Å². The van der Waals surface area contributed by atoms with Crippen LogP contribution in [0.4, 0.5) is 5.69 Å². The lowest BCUT2D eigenvalue weighted by Gasteiger charge is -2.19. The van der Waals surface area contributed by atoms with Gasteiger partial charge in [-0.25, -0.2) is 14.5 Å². The number of carboxylic acid groups (broad SMARTS) is 1. The van der Waals surface area contributed by atoms with Crippen LogP contribution in [0, 0.1) is 6.92 Å². The topological polar surface area (TPSA) is 126 Å². The number of aryl methyl sites for hydroxylation is 1. The van der Waals surface area contributed by atoms with Crippen molar-refractivity contribution in [3.8, 4) is 5.82 Å². The van der Waals surface area contributed by atoms with Gasteiger partial charge in [-0.2, -0.15) is 5.10 Å². The van der Waals surface area contributed by atoms with Gasteiger partial charge in [0.25, 0.3) is 11.8 Å². The maximum atomic E-state index is 13.4. The Balaban J connectivity index is 1.65. The van der Waals surface area contributed by atoms with Crippen LogP contribution in [-0.4, -0.2) is 43.7 Å². The molecular weight excluding hydrogens is 677 g/mol. The second kappa shape index (κ2) is 12.3. The molecule has 3 N–H and O–H groups in total. The predicted molar refractivity (Wildman–Crippen MR) is 155 cm³/mol. The van der Waals surface area contributed by atoms with E-state index in [1.807, 2.05) is 0 Å². The quantitative estimate of drug-likeness (QED) is 0.205. The van der Waals surface area contributed by atoms with Crippen LogP contribution in [0.15, 0.2) is 69.9 Å². The van der Waals surface area contributed by atoms with E-state index in [4.69, 9.17) is 23.2 Å². The van der Waals surface area contributed by atoms with E-state index < -0.39 is 23.8 Å². The molecule has 4 rings (SSSR count). The zero-order chi connectivity index (χ0) is 28.3. The molecule has 0 saturated carbocycles. The maximum Gasteiger partial charge on any atom is 0.326 e. The SMILES string of the molecule is Cc1cc(Cl)cc(C(=O)N[C@@H](Cc2ccccc2Br)C(=O)O)c1NC(=O)c1cc(Br)nn1-c1ncccc1Cl. The molecule has 13 heteroatoms. The highest BCUT2D eigenvalue weighted by Gasteiger charge is 2.26. The van der Waals surface area contributed by atoms with Gasteiger partial charge in [0.05, 0.1) is 16.3 Å². The smallest absolute Gasteiger partial charge is 0.326 e. The molecule has 0 aliphatic heterocycles. The van der Waals surface area contributed by atoms with Gasteiger partial charge < -0.3 is 15.7 Å². The van der Waals surface area contributed by atoms with Gasteiger partial charge in [0, 0.05) is 28.2 Å². The number of rotatable bonds is 8. The van der Waals surface area contributed by atoms with Crippen molar-refractivity contribution in [1.29, 1.82) is 0 Å². The van der Waals surface area contributed by atoms with Gasteiger partial charge in [0.2, 0.25) is 0 Å². The van der Waals surface area contributed by atoms with Crippen molar-refractivity contribution in [2.24, 2.45) is 0 Å². The number of carboxylic acids is 1. The van der Waals surface area contributed by atoms with Crippen LogP contribution in [0.2, 0.25) is 10.0 Å². The fraction of sp³-hybridized carbons (Fsp3) is 0.115. The molecule has 4 aromatic rings. The number of carbonyl (C=O) groups excluding carboxylic acids is 2. The van der Waals surface area contributed by atoms with Crippen LogP contribution in [-0.2, 0) is 11.2 Å². The van der Waals surface area contributed by atoms with Crippen molar-refractivity contribution >= 4 is 78.5 Å². The Hall–Kier alpha value is -3.25. The molecule has 0 bridgehead atoms. The Morgan fingerprint density at radius 3 is 2.49 bits per heavy atom. The van der Waals surface area contributed by atoms with E-state index in [2.05, 4.69) is 52.6 Å². The summed E-state index contributed by atoms with van der Waals surface area (Å²) in [4.78, 5) is 43.0. The Morgan fingerprint density at radius 1 is 1.05 bits per heavy atom. The van der Waals surface area contributed by atoms with Gasteiger partial charge in [-0.15, -0.1) is 0 Å². The van der Waals surface area contributed by atoms with E-state index >= 15 is 0 Å². The third-order valence-corrected chi connectivity index (χ3v) is 7.29.